The van der Waals surface area contributed by atoms with Gasteiger partial charge in [-0.25, -0.2) is 0 Å². The minimum absolute atomic E-state index is 0.381. The van der Waals surface area contributed by atoms with E-state index >= 15 is 0 Å². The Morgan fingerprint density at radius 1 is 1.12 bits per heavy atom. The van der Waals surface area contributed by atoms with E-state index in [1.54, 1.807) is 0 Å². The van der Waals surface area contributed by atoms with E-state index in [1.165, 1.54) is 25.7 Å². The molecule has 17 heavy (non-hydrogen) atoms. The molecule has 3 rings (SSSR count). The van der Waals surface area contributed by atoms with Gasteiger partial charge in [0.2, 0.25) is 5.90 Å². The summed E-state index contributed by atoms with van der Waals surface area (Å²) in [4.78, 5) is 4.57. The van der Waals surface area contributed by atoms with Gasteiger partial charge < -0.3 is 4.74 Å². The predicted octanol–water partition coefficient (Wildman–Crippen LogP) is 3.68. The van der Waals surface area contributed by atoms with Gasteiger partial charge in [0, 0.05) is 23.0 Å². The van der Waals surface area contributed by atoms with E-state index in [0.29, 0.717) is 12.0 Å². The number of hydrogen-bond donors (Lipinski definition) is 0. The van der Waals surface area contributed by atoms with E-state index in [0.717, 1.165) is 23.0 Å². The lowest BCUT2D eigenvalue weighted by atomic mass is 9.86. The zero-order valence-corrected chi connectivity index (χ0v) is 10.5. The molecular weight excluding hydrogens is 234 g/mol. The van der Waals surface area contributed by atoms with Crippen molar-refractivity contribution < 1.29 is 4.74 Å². The highest BCUT2D eigenvalue weighted by molar-refractivity contribution is 6.30. The summed E-state index contributed by atoms with van der Waals surface area (Å²) >= 11 is 5.88. The van der Waals surface area contributed by atoms with Crippen molar-refractivity contribution in [3.05, 3.63) is 34.9 Å². The first-order valence-corrected chi connectivity index (χ1v) is 6.68. The number of aliphatic imine (C=N–C) groups is 1. The fraction of sp³-hybridized carbons (Fsp3) is 0.500. The molecule has 0 saturated heterocycles. The molecule has 90 valence electrons. The van der Waals surface area contributed by atoms with Crippen LogP contribution in [0.3, 0.4) is 0 Å². The summed E-state index contributed by atoms with van der Waals surface area (Å²) in [5.74, 6) is 1.43. The van der Waals surface area contributed by atoms with Gasteiger partial charge in [0.25, 0.3) is 0 Å². The monoisotopic (exact) mass is 249 g/mol. The summed E-state index contributed by atoms with van der Waals surface area (Å²) in [7, 11) is 0. The zero-order valence-electron chi connectivity index (χ0n) is 9.73. The average Bonchev–Trinajstić information content (AvgIpc) is 2.39. The van der Waals surface area contributed by atoms with Gasteiger partial charge in [-0.15, -0.1) is 0 Å². The van der Waals surface area contributed by atoms with E-state index in [-0.39, 0.29) is 0 Å². The maximum Gasteiger partial charge on any atom is 0.216 e. The van der Waals surface area contributed by atoms with Crippen molar-refractivity contribution in [1.82, 2.24) is 0 Å². The van der Waals surface area contributed by atoms with Crippen LogP contribution in [0.15, 0.2) is 29.3 Å². The van der Waals surface area contributed by atoms with Crippen LogP contribution in [0.25, 0.3) is 0 Å². The molecule has 0 radical (unpaired) electrons. The van der Waals surface area contributed by atoms with E-state index in [4.69, 9.17) is 16.3 Å². The van der Waals surface area contributed by atoms with Gasteiger partial charge in [-0.05, 0) is 43.5 Å². The van der Waals surface area contributed by atoms with E-state index in [2.05, 4.69) is 4.99 Å². The number of benzene rings is 1. The van der Waals surface area contributed by atoms with Crippen molar-refractivity contribution in [1.29, 1.82) is 0 Å². The second kappa shape index (κ2) is 4.69. The molecule has 0 N–H and O–H groups in total. The van der Waals surface area contributed by atoms with Gasteiger partial charge in [0.1, 0.15) is 6.10 Å². The molecule has 2 nitrogen and oxygen atoms in total. The highest BCUT2D eigenvalue weighted by Crippen LogP contribution is 2.30. The van der Waals surface area contributed by atoms with Crippen LogP contribution in [0.4, 0.5) is 0 Å². The SMILES string of the molecule is Clc1ccc(C2=NC[C@@H]3CCCC[C@@H]3O2)cc1. The van der Waals surface area contributed by atoms with Crippen molar-refractivity contribution >= 4 is 17.5 Å². The van der Waals surface area contributed by atoms with Crippen LogP contribution in [-0.2, 0) is 4.74 Å². The van der Waals surface area contributed by atoms with Crippen molar-refractivity contribution in [3.8, 4) is 0 Å². The number of halogens is 1. The van der Waals surface area contributed by atoms with Crippen molar-refractivity contribution in [2.75, 3.05) is 6.54 Å². The Hall–Kier alpha value is -1.02. The van der Waals surface area contributed by atoms with Crippen LogP contribution in [0.1, 0.15) is 31.2 Å². The fourth-order valence-electron chi connectivity index (χ4n) is 2.67. The van der Waals surface area contributed by atoms with Crippen LogP contribution in [0.5, 0.6) is 0 Å². The highest BCUT2D eigenvalue weighted by Gasteiger charge is 2.30. The Morgan fingerprint density at radius 3 is 2.71 bits per heavy atom. The molecule has 1 aromatic rings. The molecule has 0 bridgehead atoms. The number of nitrogens with zero attached hydrogens (tertiary/aromatic N) is 1. The summed E-state index contributed by atoms with van der Waals surface area (Å²) < 4.78 is 6.02. The number of hydrogen-bond acceptors (Lipinski definition) is 2. The van der Waals surface area contributed by atoms with Crippen LogP contribution in [0, 0.1) is 5.92 Å². The summed E-state index contributed by atoms with van der Waals surface area (Å²) in [5, 5.41) is 0.751. The minimum Gasteiger partial charge on any atom is -0.474 e. The van der Waals surface area contributed by atoms with Gasteiger partial charge in [0.15, 0.2) is 0 Å². The lowest BCUT2D eigenvalue weighted by Gasteiger charge is -2.34. The van der Waals surface area contributed by atoms with Gasteiger partial charge >= 0.3 is 0 Å². The smallest absolute Gasteiger partial charge is 0.216 e. The number of ether oxygens (including phenoxy) is 1. The first kappa shape index (κ1) is 11.1. The molecule has 0 aromatic heterocycles. The number of rotatable bonds is 1. The second-order valence-corrected chi connectivity index (χ2v) is 5.29. The molecule has 0 unspecified atom stereocenters. The molecule has 1 saturated carbocycles. The summed E-state index contributed by atoms with van der Waals surface area (Å²) in [6, 6.07) is 7.72. The van der Waals surface area contributed by atoms with E-state index < -0.39 is 0 Å². The summed E-state index contributed by atoms with van der Waals surface area (Å²) in [6.07, 6.45) is 5.44. The highest BCUT2D eigenvalue weighted by atomic mass is 35.5. The molecule has 2 aliphatic rings. The Labute approximate surface area is 107 Å². The molecule has 0 spiro atoms. The quantitative estimate of drug-likeness (QED) is 0.744. The molecule has 1 aliphatic heterocycles. The maximum atomic E-state index is 6.02. The van der Waals surface area contributed by atoms with Crippen molar-refractivity contribution in [2.24, 2.45) is 10.9 Å². The van der Waals surface area contributed by atoms with Crippen LogP contribution in [-0.4, -0.2) is 18.5 Å². The lowest BCUT2D eigenvalue weighted by Crippen LogP contribution is -2.36. The van der Waals surface area contributed by atoms with Gasteiger partial charge in [-0.3, -0.25) is 4.99 Å². The van der Waals surface area contributed by atoms with Gasteiger partial charge in [0.05, 0.1) is 0 Å². The molecule has 0 amide bonds. The third-order valence-electron chi connectivity index (χ3n) is 3.66. The molecule has 1 aliphatic carbocycles. The first-order chi connectivity index (χ1) is 8.33. The van der Waals surface area contributed by atoms with Crippen LogP contribution < -0.4 is 0 Å². The minimum atomic E-state index is 0.381. The Kier molecular flexibility index (Phi) is 3.06. The Bertz CT molecular complexity index is 426. The zero-order chi connectivity index (χ0) is 11.7. The molecule has 1 heterocycles. The van der Waals surface area contributed by atoms with Gasteiger partial charge in [-0.2, -0.15) is 0 Å². The summed E-state index contributed by atoms with van der Waals surface area (Å²) in [6.45, 7) is 0.919. The standard InChI is InChI=1S/C14H16ClNO/c15-12-7-5-10(6-8-12)14-16-9-11-3-1-2-4-13(11)17-14/h5-8,11,13H,1-4,9H2/t11-,13-/m0/s1. The summed E-state index contributed by atoms with van der Waals surface area (Å²) in [5.41, 5.74) is 1.04. The fourth-order valence-corrected chi connectivity index (χ4v) is 2.80. The Morgan fingerprint density at radius 2 is 1.88 bits per heavy atom. The largest absolute Gasteiger partial charge is 0.474 e. The molecular formula is C14H16ClNO. The van der Waals surface area contributed by atoms with Crippen molar-refractivity contribution in [3.63, 3.8) is 0 Å². The van der Waals surface area contributed by atoms with Crippen LogP contribution >= 0.6 is 11.6 Å². The van der Waals surface area contributed by atoms with Crippen molar-refractivity contribution in [2.45, 2.75) is 31.8 Å². The Balaban J connectivity index is 1.80. The van der Waals surface area contributed by atoms with E-state index in [1.807, 2.05) is 24.3 Å². The normalized spacial score (nSPS) is 27.9. The maximum absolute atomic E-state index is 6.02. The van der Waals surface area contributed by atoms with Crippen LogP contribution in [0.2, 0.25) is 5.02 Å². The third-order valence-corrected chi connectivity index (χ3v) is 3.91. The lowest BCUT2D eigenvalue weighted by molar-refractivity contribution is 0.0729. The second-order valence-electron chi connectivity index (χ2n) is 4.85. The third kappa shape index (κ3) is 2.32. The average molecular weight is 250 g/mol. The number of fused-ring (bicyclic) bond motifs is 1. The molecule has 1 fully saturated rings. The predicted molar refractivity (Wildman–Crippen MR) is 69.7 cm³/mol. The first-order valence-electron chi connectivity index (χ1n) is 6.30. The van der Waals surface area contributed by atoms with E-state index in [9.17, 15) is 0 Å². The molecule has 1 aromatic carbocycles. The molecule has 3 heteroatoms. The van der Waals surface area contributed by atoms with Gasteiger partial charge in [-0.1, -0.05) is 18.0 Å². The molecule has 2 atom stereocenters. The topological polar surface area (TPSA) is 21.6 Å².